The van der Waals surface area contributed by atoms with Gasteiger partial charge in [0.2, 0.25) is 0 Å². The SMILES string of the molecule is CC(C)c1ccc(-c2nc(COC(=O)c3ccc(CO)cc3)cs2)cc1. The highest BCUT2D eigenvalue weighted by Gasteiger charge is 2.10. The van der Waals surface area contributed by atoms with Crippen molar-refractivity contribution < 1.29 is 14.6 Å². The average Bonchev–Trinajstić information content (AvgIpc) is 3.15. The van der Waals surface area contributed by atoms with Crippen LogP contribution in [0.4, 0.5) is 0 Å². The molecule has 3 aromatic rings. The Morgan fingerprint density at radius 1 is 1.12 bits per heavy atom. The summed E-state index contributed by atoms with van der Waals surface area (Å²) in [5.74, 6) is 0.104. The van der Waals surface area contributed by atoms with Gasteiger partial charge in [-0.3, -0.25) is 0 Å². The van der Waals surface area contributed by atoms with Gasteiger partial charge in [-0.2, -0.15) is 0 Å². The van der Waals surface area contributed by atoms with E-state index in [1.54, 1.807) is 24.3 Å². The summed E-state index contributed by atoms with van der Waals surface area (Å²) in [5, 5.41) is 11.9. The number of thiazole rings is 1. The van der Waals surface area contributed by atoms with Gasteiger partial charge in [-0.25, -0.2) is 9.78 Å². The number of aliphatic hydroxyl groups is 1. The minimum absolute atomic E-state index is 0.0466. The second kappa shape index (κ2) is 8.25. The van der Waals surface area contributed by atoms with Crippen LogP contribution in [-0.2, 0) is 18.0 Å². The molecule has 4 nitrogen and oxygen atoms in total. The molecule has 1 N–H and O–H groups in total. The summed E-state index contributed by atoms with van der Waals surface area (Å²) in [6.45, 7) is 4.43. The van der Waals surface area contributed by atoms with Gasteiger partial charge in [0.15, 0.2) is 0 Å². The van der Waals surface area contributed by atoms with Crippen LogP contribution < -0.4 is 0 Å². The number of nitrogens with zero attached hydrogens (tertiary/aromatic N) is 1. The molecule has 1 heterocycles. The number of esters is 1. The third kappa shape index (κ3) is 4.36. The zero-order valence-corrected chi connectivity index (χ0v) is 15.6. The van der Waals surface area contributed by atoms with Gasteiger partial charge in [0, 0.05) is 10.9 Å². The van der Waals surface area contributed by atoms with Crippen molar-refractivity contribution in [1.29, 1.82) is 0 Å². The molecule has 5 heteroatoms. The topological polar surface area (TPSA) is 59.4 Å². The lowest BCUT2D eigenvalue weighted by atomic mass is 10.0. The van der Waals surface area contributed by atoms with E-state index < -0.39 is 5.97 Å². The second-order valence-corrected chi connectivity index (χ2v) is 7.21. The van der Waals surface area contributed by atoms with Crippen molar-refractivity contribution in [3.8, 4) is 10.6 Å². The van der Waals surface area contributed by atoms with Gasteiger partial charge in [0.25, 0.3) is 0 Å². The second-order valence-electron chi connectivity index (χ2n) is 6.35. The highest BCUT2D eigenvalue weighted by Crippen LogP contribution is 2.26. The van der Waals surface area contributed by atoms with E-state index in [1.165, 1.54) is 16.9 Å². The lowest BCUT2D eigenvalue weighted by molar-refractivity contribution is 0.0468. The highest BCUT2D eigenvalue weighted by molar-refractivity contribution is 7.13. The van der Waals surface area contributed by atoms with Crippen molar-refractivity contribution >= 4 is 17.3 Å². The highest BCUT2D eigenvalue weighted by atomic mass is 32.1. The Morgan fingerprint density at radius 3 is 2.42 bits per heavy atom. The Balaban J connectivity index is 1.61. The van der Waals surface area contributed by atoms with Crippen molar-refractivity contribution in [2.24, 2.45) is 0 Å². The lowest BCUT2D eigenvalue weighted by Gasteiger charge is -2.05. The number of ether oxygens (including phenoxy) is 1. The van der Waals surface area contributed by atoms with E-state index in [1.807, 2.05) is 5.38 Å². The maximum absolute atomic E-state index is 12.1. The maximum atomic E-state index is 12.1. The third-order valence-corrected chi connectivity index (χ3v) is 5.04. The molecule has 0 spiro atoms. The number of benzene rings is 2. The normalized spacial score (nSPS) is 10.9. The van der Waals surface area contributed by atoms with Gasteiger partial charge in [-0.1, -0.05) is 50.2 Å². The molecule has 1 aromatic heterocycles. The minimum Gasteiger partial charge on any atom is -0.456 e. The number of carbonyl (C=O) groups excluding carboxylic acids is 1. The molecular formula is C21H21NO3S. The van der Waals surface area contributed by atoms with Gasteiger partial charge in [-0.05, 0) is 29.2 Å². The van der Waals surface area contributed by atoms with E-state index in [2.05, 4.69) is 43.1 Å². The van der Waals surface area contributed by atoms with E-state index in [9.17, 15) is 4.79 Å². The molecule has 3 rings (SSSR count). The number of aliphatic hydroxyl groups excluding tert-OH is 1. The molecule has 0 aliphatic carbocycles. The van der Waals surface area contributed by atoms with Crippen LogP contribution in [0.1, 0.15) is 46.9 Å². The maximum Gasteiger partial charge on any atom is 0.338 e. The van der Waals surface area contributed by atoms with Crippen LogP contribution in [-0.4, -0.2) is 16.1 Å². The Morgan fingerprint density at radius 2 is 1.81 bits per heavy atom. The van der Waals surface area contributed by atoms with E-state index >= 15 is 0 Å². The summed E-state index contributed by atoms with van der Waals surface area (Å²) in [4.78, 5) is 16.6. The summed E-state index contributed by atoms with van der Waals surface area (Å²) >= 11 is 1.54. The fourth-order valence-electron chi connectivity index (χ4n) is 2.49. The quantitative estimate of drug-likeness (QED) is 0.637. The van der Waals surface area contributed by atoms with Crippen LogP contribution in [0, 0.1) is 0 Å². The first-order valence-electron chi connectivity index (χ1n) is 8.48. The zero-order chi connectivity index (χ0) is 18.5. The third-order valence-electron chi connectivity index (χ3n) is 4.10. The summed E-state index contributed by atoms with van der Waals surface area (Å²) in [6.07, 6.45) is 0. The first-order chi connectivity index (χ1) is 12.6. The van der Waals surface area contributed by atoms with Crippen molar-refractivity contribution in [1.82, 2.24) is 4.98 Å². The number of carbonyl (C=O) groups is 1. The fraction of sp³-hybridized carbons (Fsp3) is 0.238. The molecule has 0 saturated heterocycles. The van der Waals surface area contributed by atoms with Gasteiger partial charge >= 0.3 is 5.97 Å². The predicted octanol–water partition coefficient (Wildman–Crippen LogP) is 4.78. The van der Waals surface area contributed by atoms with Crippen LogP contribution in [0.15, 0.2) is 53.9 Å². The van der Waals surface area contributed by atoms with Crippen molar-refractivity contribution in [3.63, 3.8) is 0 Å². The first kappa shape index (κ1) is 18.3. The van der Waals surface area contributed by atoms with Crippen LogP contribution in [0.5, 0.6) is 0 Å². The number of hydrogen-bond donors (Lipinski definition) is 1. The van der Waals surface area contributed by atoms with Gasteiger partial charge in [0.1, 0.15) is 11.6 Å². The molecule has 0 aliphatic rings. The molecule has 0 bridgehead atoms. The minimum atomic E-state index is -0.398. The Kier molecular flexibility index (Phi) is 5.81. The Hall–Kier alpha value is -2.50. The van der Waals surface area contributed by atoms with E-state index in [0.29, 0.717) is 11.5 Å². The van der Waals surface area contributed by atoms with Crippen molar-refractivity contribution in [2.75, 3.05) is 0 Å². The largest absolute Gasteiger partial charge is 0.456 e. The van der Waals surface area contributed by atoms with Crippen LogP contribution in [0.3, 0.4) is 0 Å². The van der Waals surface area contributed by atoms with E-state index in [0.717, 1.165) is 21.8 Å². The molecule has 0 radical (unpaired) electrons. The molecule has 26 heavy (non-hydrogen) atoms. The van der Waals surface area contributed by atoms with Crippen LogP contribution in [0.25, 0.3) is 10.6 Å². The van der Waals surface area contributed by atoms with Crippen LogP contribution in [0.2, 0.25) is 0 Å². The molecule has 0 amide bonds. The Bertz CT molecular complexity index is 867. The molecule has 0 saturated carbocycles. The molecule has 0 atom stereocenters. The van der Waals surface area contributed by atoms with Gasteiger partial charge in [-0.15, -0.1) is 11.3 Å². The number of rotatable bonds is 6. The van der Waals surface area contributed by atoms with Gasteiger partial charge in [0.05, 0.1) is 17.9 Å². The standard InChI is InChI=1S/C21H21NO3S/c1-14(2)16-7-9-17(10-8-16)20-22-19(13-26-20)12-25-21(24)18-5-3-15(11-23)4-6-18/h3-10,13-14,23H,11-12H2,1-2H3. The number of aromatic nitrogens is 1. The molecule has 2 aromatic carbocycles. The molecule has 0 fully saturated rings. The first-order valence-corrected chi connectivity index (χ1v) is 9.36. The molecular weight excluding hydrogens is 346 g/mol. The summed E-state index contributed by atoms with van der Waals surface area (Å²) < 4.78 is 5.33. The average molecular weight is 367 g/mol. The number of hydrogen-bond acceptors (Lipinski definition) is 5. The fourth-order valence-corrected chi connectivity index (χ4v) is 3.30. The van der Waals surface area contributed by atoms with E-state index in [4.69, 9.17) is 9.84 Å². The molecule has 0 unspecified atom stereocenters. The summed E-state index contributed by atoms with van der Waals surface area (Å²) in [7, 11) is 0. The molecule has 0 aliphatic heterocycles. The Labute approximate surface area is 157 Å². The summed E-state index contributed by atoms with van der Waals surface area (Å²) in [6, 6.07) is 15.1. The lowest BCUT2D eigenvalue weighted by Crippen LogP contribution is -2.05. The molecule has 134 valence electrons. The zero-order valence-electron chi connectivity index (χ0n) is 14.8. The van der Waals surface area contributed by atoms with Gasteiger partial charge < -0.3 is 9.84 Å². The van der Waals surface area contributed by atoms with Crippen molar-refractivity contribution in [3.05, 3.63) is 76.3 Å². The predicted molar refractivity (Wildman–Crippen MR) is 103 cm³/mol. The monoisotopic (exact) mass is 367 g/mol. The van der Waals surface area contributed by atoms with E-state index in [-0.39, 0.29) is 13.2 Å². The van der Waals surface area contributed by atoms with Crippen molar-refractivity contribution in [2.45, 2.75) is 33.0 Å². The van der Waals surface area contributed by atoms with Crippen LogP contribution >= 0.6 is 11.3 Å². The summed E-state index contributed by atoms with van der Waals surface area (Å²) in [5.41, 5.74) is 4.32. The smallest absolute Gasteiger partial charge is 0.338 e.